The number of aliphatic carboxylic acids is 4. The number of nitrogens with one attached hydrogen (secondary N) is 16. The highest BCUT2D eigenvalue weighted by Gasteiger charge is 2.39. The van der Waals surface area contributed by atoms with Crippen molar-refractivity contribution < 1.29 is 142 Å². The second kappa shape index (κ2) is 53.1. The molecule has 0 bridgehead atoms. The Kier molecular flexibility index (Phi) is 47.5. The monoisotopic (exact) mass is 1660 g/mol. The Hall–Kier alpha value is -12.1. The lowest BCUT2D eigenvalue weighted by Gasteiger charge is -2.29. The van der Waals surface area contributed by atoms with Crippen molar-refractivity contribution in [3.05, 3.63) is 0 Å². The number of hydrogen-bond donors (Lipinski definition) is 29. The Labute approximate surface area is 662 Å². The van der Waals surface area contributed by atoms with Gasteiger partial charge in [0.25, 0.3) is 0 Å². The van der Waals surface area contributed by atoms with Crippen LogP contribution in [0.3, 0.4) is 0 Å². The maximum atomic E-state index is 14.1. The van der Waals surface area contributed by atoms with E-state index in [1.165, 1.54) is 13.8 Å². The molecule has 0 unspecified atom stereocenters. The van der Waals surface area contributed by atoms with Crippen LogP contribution in [0.4, 0.5) is 0 Å². The molecule has 116 heavy (non-hydrogen) atoms. The molecule has 0 fully saturated rings. The summed E-state index contributed by atoms with van der Waals surface area (Å²) in [5, 5.41) is 112. The van der Waals surface area contributed by atoms with Crippen molar-refractivity contribution in [3.63, 3.8) is 0 Å². The molecule has 0 radical (unpaired) electrons. The predicted octanol–water partition coefficient (Wildman–Crippen LogP) is -15.0. The Morgan fingerprint density at radius 2 is 0.698 bits per heavy atom. The standard InChI is InChI=1S/C65H110N22O29/c1-26(2)16-35(56(107)74-29(6)51(102)84-40(24-89)61(112)76-30(7)64(115)116)77-43(93)22-73-54(105)37(18-45(95)96)82-58(109)39(20-47(99)100)83-57(108)38(19-46(97)98)78-44(94)21-72-53(104)33(13-11-15-71-65(69)70)80-62(113)48(27(3)4)86-63(114)49(31(8)91)87-59(110)36(17-42(68)92)81-50(101)28(5)75-60(111)41(25-90)85-55(106)34(12-9-10-14-66)79-52(103)32(67)23-88/h26-41,48-49,88-91H,9-25,66-67H2,1-8H3,(H2,68,92)(H,72,104)(H,73,105)(H,74,107)(H,75,111)(H,76,112)(H,77,93)(H,78,94)(H,79,103)(H,80,113)(H,81,101)(H,82,109)(H,83,108)(H,84,102)(H,85,106)(H,86,114)(H,87,110)(H,95,96)(H,97,98)(H,99,100)(H,115,116)(H4,69,70,71)/t28-,29-,30-,31+,32-,33-,34-,35-,36-,37-,38-,39-,40-,41-,48-,49-/m0/s1. The number of aliphatic imine (C=N–C) groups is 1. The minimum absolute atomic E-state index is 0.0248. The lowest BCUT2D eigenvalue weighted by molar-refractivity contribution is -0.144. The third-order valence-corrected chi connectivity index (χ3v) is 16.2. The molecule has 51 nitrogen and oxygen atoms in total. The van der Waals surface area contributed by atoms with E-state index in [1.807, 2.05) is 26.6 Å². The smallest absolute Gasteiger partial charge is 0.325 e. The van der Waals surface area contributed by atoms with Gasteiger partial charge in [0.05, 0.1) is 64.7 Å². The van der Waals surface area contributed by atoms with Crippen molar-refractivity contribution in [3.8, 4) is 0 Å². The van der Waals surface area contributed by atoms with Crippen LogP contribution in [0.1, 0.15) is 120 Å². The summed E-state index contributed by atoms with van der Waals surface area (Å²) in [4.78, 5) is 277. The maximum absolute atomic E-state index is 14.1. The van der Waals surface area contributed by atoms with Gasteiger partial charge in [0.15, 0.2) is 5.96 Å². The second-order valence-corrected chi connectivity index (χ2v) is 27.1. The quantitative estimate of drug-likeness (QED) is 0.0153. The van der Waals surface area contributed by atoms with Gasteiger partial charge in [0.2, 0.25) is 100 Å². The molecule has 0 aliphatic rings. The molecule has 51 heteroatoms. The molecule has 0 aliphatic carbocycles. The van der Waals surface area contributed by atoms with E-state index in [4.69, 9.17) is 33.8 Å². The Bertz CT molecular complexity index is 3510. The highest BCUT2D eigenvalue weighted by Crippen LogP contribution is 2.11. The van der Waals surface area contributed by atoms with Crippen LogP contribution in [0.25, 0.3) is 0 Å². The highest BCUT2D eigenvalue weighted by atomic mass is 16.4. The fourth-order valence-corrected chi connectivity index (χ4v) is 9.86. The zero-order chi connectivity index (χ0) is 89.1. The molecule has 0 spiro atoms. The maximum Gasteiger partial charge on any atom is 0.325 e. The first-order valence-electron chi connectivity index (χ1n) is 36.0. The van der Waals surface area contributed by atoms with Crippen molar-refractivity contribution in [2.24, 2.45) is 45.5 Å². The summed E-state index contributed by atoms with van der Waals surface area (Å²) in [7, 11) is 0. The van der Waals surface area contributed by atoms with Gasteiger partial charge >= 0.3 is 23.9 Å². The van der Waals surface area contributed by atoms with Gasteiger partial charge in [-0.3, -0.25) is 106 Å². The number of rotatable bonds is 56. The number of hydrogen-bond acceptors (Lipinski definition) is 28. The van der Waals surface area contributed by atoms with Crippen LogP contribution >= 0.6 is 0 Å². The average Bonchev–Trinajstić information content (AvgIpc) is 0.976. The summed E-state index contributed by atoms with van der Waals surface area (Å²) in [6, 6.07) is -26.3. The normalized spacial score (nSPS) is 15.1. The number of amides is 17. The number of primary amides is 1. The van der Waals surface area contributed by atoms with Crippen molar-refractivity contribution in [2.45, 2.75) is 216 Å². The predicted molar refractivity (Wildman–Crippen MR) is 396 cm³/mol. The third-order valence-electron chi connectivity index (χ3n) is 16.2. The molecule has 654 valence electrons. The first-order chi connectivity index (χ1) is 54.0. The molecule has 16 atom stereocenters. The number of carbonyl (C=O) groups is 21. The van der Waals surface area contributed by atoms with Gasteiger partial charge in [-0.05, 0) is 84.6 Å². The van der Waals surface area contributed by atoms with Crippen molar-refractivity contribution in [1.29, 1.82) is 0 Å². The zero-order valence-corrected chi connectivity index (χ0v) is 64.9. The molecule has 0 saturated carbocycles. The van der Waals surface area contributed by atoms with Gasteiger partial charge in [-0.25, -0.2) is 0 Å². The number of carboxylic acids is 4. The lowest BCUT2D eigenvalue weighted by Crippen LogP contribution is -2.62. The van der Waals surface area contributed by atoms with Gasteiger partial charge in [-0.15, -0.1) is 0 Å². The van der Waals surface area contributed by atoms with E-state index >= 15 is 0 Å². The Morgan fingerprint density at radius 1 is 0.353 bits per heavy atom. The van der Waals surface area contributed by atoms with Crippen LogP contribution in [0.2, 0.25) is 0 Å². The molecule has 0 rings (SSSR count). The number of carboxylic acid groups (broad SMARTS) is 4. The van der Waals surface area contributed by atoms with Gasteiger partial charge in [0.1, 0.15) is 90.6 Å². The molecule has 0 aromatic carbocycles. The minimum atomic E-state index is -2.31. The van der Waals surface area contributed by atoms with Gasteiger partial charge < -0.3 is 155 Å². The zero-order valence-electron chi connectivity index (χ0n) is 64.9. The molecule has 0 saturated heterocycles. The SMILES string of the molecule is CC(C)C[C@H](NC(=O)CNC(=O)[C@H](CC(=O)O)NC(=O)[C@H](CC(=O)O)NC(=O)[C@H](CC(=O)O)NC(=O)CNC(=O)[C@H](CCCN=C(N)N)NC(=O)[C@@H](NC(=O)[C@@H](NC(=O)[C@H](CC(N)=O)NC(=O)[C@H](C)NC(=O)[C@H](CO)NC(=O)[C@H](CCCCN)NC(=O)[C@@H](N)CO)[C@@H](C)O)C(C)C)C(=O)N[C@@H](C)C(=O)N[C@@H](CO)C(=O)N[C@@H](C)C(=O)O. The van der Waals surface area contributed by atoms with Gasteiger partial charge in [-0.2, -0.15) is 0 Å². The fraction of sp³-hybridized carbons (Fsp3) is 0.662. The van der Waals surface area contributed by atoms with Crippen LogP contribution in [0, 0.1) is 11.8 Å². The highest BCUT2D eigenvalue weighted by molar-refractivity contribution is 6.02. The summed E-state index contributed by atoms with van der Waals surface area (Å²) >= 11 is 0. The van der Waals surface area contributed by atoms with Crippen molar-refractivity contribution >= 4 is 130 Å². The second-order valence-electron chi connectivity index (χ2n) is 27.1. The topological polar surface area (TPSA) is 855 Å². The average molecular weight is 1660 g/mol. The van der Waals surface area contributed by atoms with Crippen LogP contribution in [-0.2, 0) is 101 Å². The number of aliphatic hydroxyl groups excluding tert-OH is 4. The Morgan fingerprint density at radius 3 is 1.12 bits per heavy atom. The van der Waals surface area contributed by atoms with E-state index in [2.05, 4.69) is 63.5 Å². The molecular formula is C65H110N22O29. The number of nitrogens with two attached hydrogens (primary N) is 5. The number of carbonyl (C=O) groups excluding carboxylic acids is 17. The molecule has 17 amide bonds. The van der Waals surface area contributed by atoms with E-state index in [-0.39, 0.29) is 44.7 Å². The van der Waals surface area contributed by atoms with Crippen LogP contribution in [-0.4, -0.2) is 314 Å². The van der Waals surface area contributed by atoms with E-state index in [1.54, 1.807) is 13.8 Å². The summed E-state index contributed by atoms with van der Waals surface area (Å²) in [6.45, 7) is 5.36. The summed E-state index contributed by atoms with van der Waals surface area (Å²) in [6.07, 6.45) is -6.70. The molecular weight excluding hydrogens is 1550 g/mol. The first-order valence-corrected chi connectivity index (χ1v) is 36.0. The van der Waals surface area contributed by atoms with E-state index in [0.717, 1.165) is 27.7 Å². The first kappa shape index (κ1) is 104. The molecule has 0 heterocycles. The number of nitrogens with zero attached hydrogens (tertiary/aromatic N) is 1. The van der Waals surface area contributed by atoms with E-state index in [0.29, 0.717) is 12.8 Å². The lowest BCUT2D eigenvalue weighted by atomic mass is 10.0. The molecule has 0 aliphatic heterocycles. The summed E-state index contributed by atoms with van der Waals surface area (Å²) in [5.41, 5.74) is 27.3. The van der Waals surface area contributed by atoms with Crippen LogP contribution < -0.4 is 114 Å². The van der Waals surface area contributed by atoms with E-state index in [9.17, 15) is 136 Å². The number of unbranched alkanes of at least 4 members (excludes halogenated alkanes) is 1. The van der Waals surface area contributed by atoms with Crippen LogP contribution in [0.5, 0.6) is 0 Å². The van der Waals surface area contributed by atoms with Crippen molar-refractivity contribution in [1.82, 2.24) is 85.1 Å². The number of guanidine groups is 1. The Balaban J connectivity index is 6.56. The summed E-state index contributed by atoms with van der Waals surface area (Å²) < 4.78 is 0. The van der Waals surface area contributed by atoms with Crippen LogP contribution in [0.15, 0.2) is 4.99 Å². The fourth-order valence-electron chi connectivity index (χ4n) is 9.86. The van der Waals surface area contributed by atoms with Gasteiger partial charge in [-0.1, -0.05) is 27.7 Å². The molecule has 0 aromatic rings. The van der Waals surface area contributed by atoms with Gasteiger partial charge in [0, 0.05) is 6.54 Å². The summed E-state index contributed by atoms with van der Waals surface area (Å²) in [5.74, 6) is -29.3. The van der Waals surface area contributed by atoms with E-state index < -0.39 is 292 Å². The minimum Gasteiger partial charge on any atom is -0.481 e. The molecule has 34 N–H and O–H groups in total. The third kappa shape index (κ3) is 40.6. The largest absolute Gasteiger partial charge is 0.481 e. The number of aliphatic hydroxyl groups is 4. The molecule has 0 aromatic heterocycles. The van der Waals surface area contributed by atoms with Crippen molar-refractivity contribution in [2.75, 3.05) is 46.0 Å².